The van der Waals surface area contributed by atoms with Crippen LogP contribution in [0.4, 0.5) is 5.69 Å². The van der Waals surface area contributed by atoms with E-state index in [0.29, 0.717) is 11.4 Å². The van der Waals surface area contributed by atoms with Gasteiger partial charge in [-0.25, -0.2) is 0 Å². The van der Waals surface area contributed by atoms with Crippen LogP contribution in [-0.4, -0.2) is 24.3 Å². The van der Waals surface area contributed by atoms with Crippen molar-refractivity contribution in [2.24, 2.45) is 0 Å². The van der Waals surface area contributed by atoms with Gasteiger partial charge in [-0.15, -0.1) is 0 Å². The number of para-hydroxylation sites is 1. The van der Waals surface area contributed by atoms with Crippen LogP contribution in [0.5, 0.6) is 5.75 Å². The SMILES string of the molecule is Cc1ccccc1NC(=O)C(=O)NNC(=O)COc1ccc2ccccc2c1. The molecule has 3 N–H and O–H groups in total. The molecule has 0 saturated heterocycles. The second-order valence-corrected chi connectivity index (χ2v) is 6.07. The molecule has 0 aromatic heterocycles. The second-order valence-electron chi connectivity index (χ2n) is 6.07. The molecule has 7 heteroatoms. The molecular weight excluding hydrogens is 358 g/mol. The Bertz CT molecular complexity index is 1030. The molecule has 0 aliphatic carbocycles. The van der Waals surface area contributed by atoms with Crippen molar-refractivity contribution in [3.05, 3.63) is 72.3 Å². The molecule has 0 saturated carbocycles. The van der Waals surface area contributed by atoms with Crippen LogP contribution < -0.4 is 20.9 Å². The van der Waals surface area contributed by atoms with Crippen molar-refractivity contribution in [3.8, 4) is 5.75 Å². The highest BCUT2D eigenvalue weighted by atomic mass is 16.5. The molecule has 28 heavy (non-hydrogen) atoms. The van der Waals surface area contributed by atoms with Crippen molar-refractivity contribution in [2.75, 3.05) is 11.9 Å². The zero-order valence-electron chi connectivity index (χ0n) is 15.2. The maximum absolute atomic E-state index is 11.9. The first-order valence-electron chi connectivity index (χ1n) is 8.60. The average Bonchev–Trinajstić information content (AvgIpc) is 2.71. The van der Waals surface area contributed by atoms with Gasteiger partial charge >= 0.3 is 11.8 Å². The van der Waals surface area contributed by atoms with Crippen LogP contribution in [0.2, 0.25) is 0 Å². The van der Waals surface area contributed by atoms with Gasteiger partial charge in [-0.05, 0) is 41.5 Å². The molecule has 0 atom stereocenters. The molecule has 0 radical (unpaired) electrons. The first kappa shape index (κ1) is 18.9. The summed E-state index contributed by atoms with van der Waals surface area (Å²) in [4.78, 5) is 35.5. The Labute approximate surface area is 161 Å². The number of carbonyl (C=O) groups is 3. The van der Waals surface area contributed by atoms with E-state index in [-0.39, 0.29) is 6.61 Å². The Morgan fingerprint density at radius 1 is 0.821 bits per heavy atom. The molecule has 0 aliphatic rings. The Morgan fingerprint density at radius 2 is 1.54 bits per heavy atom. The molecular formula is C21H19N3O4. The van der Waals surface area contributed by atoms with Crippen LogP contribution in [0.1, 0.15) is 5.56 Å². The van der Waals surface area contributed by atoms with Gasteiger partial charge in [-0.3, -0.25) is 25.2 Å². The molecule has 0 fully saturated rings. The van der Waals surface area contributed by atoms with Crippen LogP contribution in [0.25, 0.3) is 10.8 Å². The van der Waals surface area contributed by atoms with Crippen LogP contribution in [0, 0.1) is 6.92 Å². The van der Waals surface area contributed by atoms with Crippen molar-refractivity contribution in [1.29, 1.82) is 0 Å². The predicted molar refractivity (Wildman–Crippen MR) is 106 cm³/mol. The molecule has 0 aliphatic heterocycles. The maximum Gasteiger partial charge on any atom is 0.328 e. The number of nitrogens with one attached hydrogen (secondary N) is 3. The number of rotatable bonds is 4. The third kappa shape index (κ3) is 4.85. The normalized spacial score (nSPS) is 10.2. The molecule has 3 amide bonds. The van der Waals surface area contributed by atoms with Crippen molar-refractivity contribution in [3.63, 3.8) is 0 Å². The second kappa shape index (κ2) is 8.68. The number of hydrogen-bond donors (Lipinski definition) is 3. The highest BCUT2D eigenvalue weighted by molar-refractivity contribution is 6.39. The van der Waals surface area contributed by atoms with Gasteiger partial charge in [0.15, 0.2) is 6.61 Å². The van der Waals surface area contributed by atoms with Gasteiger partial charge in [-0.1, -0.05) is 48.5 Å². The highest BCUT2D eigenvalue weighted by Crippen LogP contribution is 2.20. The summed E-state index contributed by atoms with van der Waals surface area (Å²) in [5.74, 6) is -1.94. The zero-order chi connectivity index (χ0) is 19.9. The van der Waals surface area contributed by atoms with Crippen molar-refractivity contribution < 1.29 is 19.1 Å². The number of fused-ring (bicyclic) bond motifs is 1. The van der Waals surface area contributed by atoms with E-state index in [1.807, 2.05) is 42.5 Å². The molecule has 7 nitrogen and oxygen atoms in total. The van der Waals surface area contributed by atoms with Crippen molar-refractivity contribution in [2.45, 2.75) is 6.92 Å². The van der Waals surface area contributed by atoms with Gasteiger partial charge in [0.05, 0.1) is 0 Å². The fraction of sp³-hybridized carbons (Fsp3) is 0.0952. The van der Waals surface area contributed by atoms with E-state index in [2.05, 4.69) is 16.2 Å². The lowest BCUT2D eigenvalue weighted by Gasteiger charge is -2.10. The van der Waals surface area contributed by atoms with E-state index >= 15 is 0 Å². The minimum absolute atomic E-state index is 0.308. The summed E-state index contributed by atoms with van der Waals surface area (Å²) in [5.41, 5.74) is 5.54. The fourth-order valence-electron chi connectivity index (χ4n) is 2.52. The van der Waals surface area contributed by atoms with Gasteiger partial charge < -0.3 is 10.1 Å². The molecule has 0 spiro atoms. The van der Waals surface area contributed by atoms with E-state index < -0.39 is 17.7 Å². The molecule has 3 aromatic carbocycles. The van der Waals surface area contributed by atoms with Gasteiger partial charge in [0.2, 0.25) is 0 Å². The first-order valence-corrected chi connectivity index (χ1v) is 8.60. The standard InChI is InChI=1S/C21H19N3O4/c1-14-6-2-5-9-18(14)22-20(26)21(27)24-23-19(25)13-28-17-11-10-15-7-3-4-8-16(15)12-17/h2-12H,13H2,1H3,(H,22,26)(H,23,25)(H,24,27). The minimum Gasteiger partial charge on any atom is -0.484 e. The van der Waals surface area contributed by atoms with Crippen LogP contribution >= 0.6 is 0 Å². The van der Waals surface area contributed by atoms with E-state index in [0.717, 1.165) is 16.3 Å². The van der Waals surface area contributed by atoms with E-state index in [9.17, 15) is 14.4 Å². The highest BCUT2D eigenvalue weighted by Gasteiger charge is 2.15. The van der Waals surface area contributed by atoms with Crippen molar-refractivity contribution in [1.82, 2.24) is 10.9 Å². The lowest BCUT2D eigenvalue weighted by Crippen LogP contribution is -2.48. The molecule has 0 bridgehead atoms. The number of amides is 3. The largest absolute Gasteiger partial charge is 0.484 e. The molecule has 3 rings (SSSR count). The van der Waals surface area contributed by atoms with E-state index in [4.69, 9.17) is 4.74 Å². The summed E-state index contributed by atoms with van der Waals surface area (Å²) in [5, 5.41) is 4.52. The number of aryl methyl sites for hydroxylation is 1. The summed E-state index contributed by atoms with van der Waals surface area (Å²) < 4.78 is 5.42. The Hall–Kier alpha value is -3.87. The molecule has 142 valence electrons. The maximum atomic E-state index is 11.9. The molecule has 0 heterocycles. The monoisotopic (exact) mass is 377 g/mol. The summed E-state index contributed by atoms with van der Waals surface area (Å²) in [7, 11) is 0. The van der Waals surface area contributed by atoms with Gasteiger partial charge in [0, 0.05) is 5.69 Å². The Balaban J connectivity index is 1.46. The average molecular weight is 377 g/mol. The molecule has 0 unspecified atom stereocenters. The topological polar surface area (TPSA) is 96.5 Å². The summed E-state index contributed by atoms with van der Waals surface area (Å²) in [6, 6.07) is 20.3. The fourth-order valence-corrected chi connectivity index (χ4v) is 2.52. The summed E-state index contributed by atoms with van der Waals surface area (Å²) in [6.07, 6.45) is 0. The Morgan fingerprint density at radius 3 is 2.32 bits per heavy atom. The molecule has 3 aromatic rings. The quantitative estimate of drug-likeness (QED) is 0.480. The summed E-state index contributed by atoms with van der Waals surface area (Å²) in [6.45, 7) is 1.50. The number of carbonyl (C=O) groups excluding carboxylic acids is 3. The zero-order valence-corrected chi connectivity index (χ0v) is 15.2. The number of hydrogen-bond acceptors (Lipinski definition) is 4. The van der Waals surface area contributed by atoms with Crippen molar-refractivity contribution >= 4 is 34.2 Å². The van der Waals surface area contributed by atoms with Crippen LogP contribution in [0.3, 0.4) is 0 Å². The Kier molecular flexibility index (Phi) is 5.86. The van der Waals surface area contributed by atoms with E-state index in [1.165, 1.54) is 0 Å². The number of hydrazine groups is 1. The number of ether oxygens (including phenoxy) is 1. The van der Waals surface area contributed by atoms with Crippen LogP contribution in [0.15, 0.2) is 66.7 Å². The van der Waals surface area contributed by atoms with Gasteiger partial charge in [0.1, 0.15) is 5.75 Å². The lowest BCUT2D eigenvalue weighted by atomic mass is 10.1. The lowest BCUT2D eigenvalue weighted by molar-refractivity contribution is -0.138. The van der Waals surface area contributed by atoms with Gasteiger partial charge in [0.25, 0.3) is 5.91 Å². The first-order chi connectivity index (χ1) is 13.5. The summed E-state index contributed by atoms with van der Waals surface area (Å²) >= 11 is 0. The third-order valence-electron chi connectivity index (χ3n) is 4.01. The minimum atomic E-state index is -0.984. The number of anilines is 1. The predicted octanol–water partition coefficient (Wildman–Crippen LogP) is 2.31. The van der Waals surface area contributed by atoms with E-state index in [1.54, 1.807) is 31.2 Å². The van der Waals surface area contributed by atoms with Gasteiger partial charge in [-0.2, -0.15) is 0 Å². The number of benzene rings is 3. The van der Waals surface area contributed by atoms with Crippen LogP contribution in [-0.2, 0) is 14.4 Å². The smallest absolute Gasteiger partial charge is 0.328 e. The third-order valence-corrected chi connectivity index (χ3v) is 4.01.